The number of hydrogen-bond acceptors (Lipinski definition) is 3. The summed E-state index contributed by atoms with van der Waals surface area (Å²) in [6.45, 7) is 6.64. The van der Waals surface area contributed by atoms with Crippen LogP contribution >= 0.6 is 0 Å². The molecule has 0 saturated heterocycles. The van der Waals surface area contributed by atoms with Crippen LogP contribution in [0.25, 0.3) is 0 Å². The van der Waals surface area contributed by atoms with Crippen molar-refractivity contribution in [1.82, 2.24) is 0 Å². The molecule has 0 aliphatic heterocycles. The maximum absolute atomic E-state index is 12.6. The van der Waals surface area contributed by atoms with Crippen LogP contribution in [0.1, 0.15) is 97.8 Å². The highest BCUT2D eigenvalue weighted by atomic mass is 16.3. The van der Waals surface area contributed by atoms with Crippen LogP contribution in [0.2, 0.25) is 0 Å². The fourth-order valence-corrected chi connectivity index (χ4v) is 8.18. The first kappa shape index (κ1) is 20.6. The van der Waals surface area contributed by atoms with Gasteiger partial charge in [0.2, 0.25) is 0 Å². The summed E-state index contributed by atoms with van der Waals surface area (Å²) in [5.74, 6) is 3.70. The van der Waals surface area contributed by atoms with Crippen molar-refractivity contribution in [2.45, 2.75) is 104 Å². The predicted molar refractivity (Wildman–Crippen MR) is 111 cm³/mol. The molecule has 28 heavy (non-hydrogen) atoms. The largest absolute Gasteiger partial charge is 0.393 e. The quantitative estimate of drug-likeness (QED) is 0.692. The first-order chi connectivity index (χ1) is 13.3. The van der Waals surface area contributed by atoms with Crippen molar-refractivity contribution in [2.75, 3.05) is 0 Å². The van der Waals surface area contributed by atoms with Crippen molar-refractivity contribution in [1.29, 1.82) is 0 Å². The molecule has 3 heteroatoms. The number of rotatable bonds is 5. The molecular weight excluding hydrogens is 348 g/mol. The first-order valence-corrected chi connectivity index (χ1v) is 12.0. The van der Waals surface area contributed by atoms with Gasteiger partial charge >= 0.3 is 0 Å². The molecule has 0 radical (unpaired) electrons. The minimum absolute atomic E-state index is 0.104. The van der Waals surface area contributed by atoms with Crippen molar-refractivity contribution in [3.8, 4) is 0 Å². The number of fused-ring (bicyclic) bond motifs is 5. The van der Waals surface area contributed by atoms with Crippen LogP contribution in [0.5, 0.6) is 0 Å². The predicted octanol–water partition coefficient (Wildman–Crippen LogP) is 5.33. The van der Waals surface area contributed by atoms with Crippen molar-refractivity contribution in [2.24, 2.45) is 40.4 Å². The van der Waals surface area contributed by atoms with Crippen molar-refractivity contribution < 1.29 is 14.7 Å². The van der Waals surface area contributed by atoms with Gasteiger partial charge in [-0.3, -0.25) is 9.59 Å². The van der Waals surface area contributed by atoms with E-state index in [1.54, 1.807) is 0 Å². The molecule has 0 spiro atoms. The highest BCUT2D eigenvalue weighted by Crippen LogP contribution is 2.66. The number of aliphatic hydroxyl groups is 1. The van der Waals surface area contributed by atoms with Crippen LogP contribution in [-0.4, -0.2) is 22.8 Å². The summed E-state index contributed by atoms with van der Waals surface area (Å²) in [7, 11) is 0. The van der Waals surface area contributed by atoms with E-state index in [-0.39, 0.29) is 16.9 Å². The van der Waals surface area contributed by atoms with Gasteiger partial charge in [0.1, 0.15) is 11.6 Å². The number of aliphatic hydroxyl groups excluding tert-OH is 1. The number of ketones is 2. The Bertz CT molecular complexity index is 627. The topological polar surface area (TPSA) is 54.4 Å². The summed E-state index contributed by atoms with van der Waals surface area (Å²) >= 11 is 0. The third-order valence-electron chi connectivity index (χ3n) is 9.96. The van der Waals surface area contributed by atoms with E-state index < -0.39 is 0 Å². The Morgan fingerprint density at radius 2 is 1.86 bits per heavy atom. The molecule has 3 nitrogen and oxygen atoms in total. The van der Waals surface area contributed by atoms with Crippen LogP contribution in [0, 0.1) is 40.4 Å². The van der Waals surface area contributed by atoms with Crippen LogP contribution in [-0.2, 0) is 9.59 Å². The molecule has 4 saturated carbocycles. The average molecular weight is 389 g/mol. The molecule has 0 bridgehead atoms. The standard InChI is InChI=1S/C25H40O3/c1-4-17(26)7-5-6-16-10-12-24(2)20-11-13-25(3)19(8-9-23(25)28)18(20)15-22(27)21(24)14-16/h16,18-22,27H,4-15H2,1-3H3/t16-,18+,19?,20?,21?,22+,24+,25-/m0/s1. The molecule has 0 heterocycles. The monoisotopic (exact) mass is 388 g/mol. The molecule has 158 valence electrons. The highest BCUT2D eigenvalue weighted by Gasteiger charge is 2.61. The van der Waals surface area contributed by atoms with Crippen LogP contribution in [0.3, 0.4) is 0 Å². The van der Waals surface area contributed by atoms with Gasteiger partial charge in [0.25, 0.3) is 0 Å². The second-order valence-electron chi connectivity index (χ2n) is 11.1. The van der Waals surface area contributed by atoms with Gasteiger partial charge in [-0.05, 0) is 86.4 Å². The summed E-state index contributed by atoms with van der Waals surface area (Å²) in [5, 5.41) is 11.2. The Balaban J connectivity index is 1.45. The molecule has 4 aliphatic rings. The molecule has 0 amide bonds. The Kier molecular flexibility index (Phi) is 5.53. The summed E-state index contributed by atoms with van der Waals surface area (Å²) in [4.78, 5) is 24.2. The van der Waals surface area contributed by atoms with E-state index in [2.05, 4.69) is 13.8 Å². The van der Waals surface area contributed by atoms with E-state index in [0.717, 1.165) is 51.4 Å². The van der Waals surface area contributed by atoms with Gasteiger partial charge < -0.3 is 5.11 Å². The molecule has 3 unspecified atom stereocenters. The van der Waals surface area contributed by atoms with E-state index in [9.17, 15) is 14.7 Å². The van der Waals surface area contributed by atoms with E-state index in [1.807, 2.05) is 6.92 Å². The van der Waals surface area contributed by atoms with Gasteiger partial charge in [-0.15, -0.1) is 0 Å². The van der Waals surface area contributed by atoms with Gasteiger partial charge in [-0.2, -0.15) is 0 Å². The Hall–Kier alpha value is -0.700. The van der Waals surface area contributed by atoms with Crippen molar-refractivity contribution in [3.05, 3.63) is 0 Å². The lowest BCUT2D eigenvalue weighted by atomic mass is 9.44. The van der Waals surface area contributed by atoms with Gasteiger partial charge in [-0.25, -0.2) is 0 Å². The average Bonchev–Trinajstić information content (AvgIpc) is 2.97. The fourth-order valence-electron chi connectivity index (χ4n) is 8.18. The minimum Gasteiger partial charge on any atom is -0.393 e. The SMILES string of the molecule is CCC(=O)CCC[C@H]1CC[C@]2(C)C3CC[C@]4(C)C(=O)CCC4[C@H]3C[C@@H](O)C2C1. The molecule has 0 aromatic carbocycles. The number of carbonyl (C=O) groups is 2. The maximum Gasteiger partial charge on any atom is 0.139 e. The number of carbonyl (C=O) groups excluding carboxylic acids is 2. The Morgan fingerprint density at radius 1 is 1.07 bits per heavy atom. The van der Waals surface area contributed by atoms with E-state index in [1.165, 1.54) is 19.3 Å². The molecule has 8 atom stereocenters. The second-order valence-corrected chi connectivity index (χ2v) is 11.1. The molecule has 4 aliphatic carbocycles. The van der Waals surface area contributed by atoms with E-state index in [4.69, 9.17) is 0 Å². The zero-order valence-electron chi connectivity index (χ0n) is 18.2. The fraction of sp³-hybridized carbons (Fsp3) is 0.920. The van der Waals surface area contributed by atoms with Crippen molar-refractivity contribution in [3.63, 3.8) is 0 Å². The third-order valence-corrected chi connectivity index (χ3v) is 9.96. The smallest absolute Gasteiger partial charge is 0.139 e. The third kappa shape index (κ3) is 3.20. The van der Waals surface area contributed by atoms with Crippen LogP contribution < -0.4 is 0 Å². The van der Waals surface area contributed by atoms with Crippen molar-refractivity contribution >= 4 is 11.6 Å². The van der Waals surface area contributed by atoms with Crippen LogP contribution in [0.4, 0.5) is 0 Å². The molecular formula is C25H40O3. The lowest BCUT2D eigenvalue weighted by Gasteiger charge is -2.61. The van der Waals surface area contributed by atoms with Gasteiger partial charge in [0, 0.05) is 24.7 Å². The van der Waals surface area contributed by atoms with Gasteiger partial charge in [-0.1, -0.05) is 27.2 Å². The second kappa shape index (κ2) is 7.52. The zero-order chi connectivity index (χ0) is 20.1. The van der Waals surface area contributed by atoms with Crippen LogP contribution in [0.15, 0.2) is 0 Å². The molecule has 0 aromatic heterocycles. The number of hydrogen-bond donors (Lipinski definition) is 1. The highest BCUT2D eigenvalue weighted by molar-refractivity contribution is 5.87. The van der Waals surface area contributed by atoms with Gasteiger partial charge in [0.15, 0.2) is 0 Å². The minimum atomic E-state index is -0.204. The van der Waals surface area contributed by atoms with Gasteiger partial charge in [0.05, 0.1) is 6.10 Å². The lowest BCUT2D eigenvalue weighted by molar-refractivity contribution is -0.165. The molecule has 4 fully saturated rings. The first-order valence-electron chi connectivity index (χ1n) is 12.0. The number of Topliss-reactive ketones (excluding diaryl/α,β-unsaturated/α-hetero) is 2. The lowest BCUT2D eigenvalue weighted by Crippen LogP contribution is -2.57. The summed E-state index contributed by atoms with van der Waals surface area (Å²) in [5.41, 5.74) is 0.137. The summed E-state index contributed by atoms with van der Waals surface area (Å²) in [6.07, 6.45) is 12.0. The zero-order valence-corrected chi connectivity index (χ0v) is 18.2. The van der Waals surface area contributed by atoms with E-state index >= 15 is 0 Å². The Labute approximate surface area is 171 Å². The maximum atomic E-state index is 12.6. The molecule has 0 aromatic rings. The summed E-state index contributed by atoms with van der Waals surface area (Å²) in [6, 6.07) is 0. The Morgan fingerprint density at radius 3 is 2.61 bits per heavy atom. The molecule has 4 rings (SSSR count). The summed E-state index contributed by atoms with van der Waals surface area (Å²) < 4.78 is 0. The molecule has 1 N–H and O–H groups in total. The normalized spacial score (nSPS) is 47.9. The van der Waals surface area contributed by atoms with E-state index in [0.29, 0.717) is 47.6 Å².